The van der Waals surface area contributed by atoms with Crippen LogP contribution in [-0.2, 0) is 4.79 Å². The largest absolute Gasteiger partial charge is 0.338 e. The van der Waals surface area contributed by atoms with Crippen molar-refractivity contribution >= 4 is 17.2 Å². The Kier molecular flexibility index (Phi) is 4.17. The summed E-state index contributed by atoms with van der Waals surface area (Å²) >= 11 is 1.68. The molecule has 0 aliphatic heterocycles. The molecule has 1 unspecified atom stereocenters. The molecular weight excluding hydrogens is 244 g/mol. The van der Waals surface area contributed by atoms with Crippen LogP contribution in [-0.4, -0.2) is 28.9 Å². The third-order valence-corrected chi connectivity index (χ3v) is 4.41. The number of aromatic nitrogens is 1. The highest BCUT2D eigenvalue weighted by atomic mass is 32.1. The van der Waals surface area contributed by atoms with Crippen molar-refractivity contribution in [2.45, 2.75) is 32.6 Å². The molecule has 1 aliphatic rings. The van der Waals surface area contributed by atoms with Gasteiger partial charge in [-0.25, -0.2) is 4.98 Å². The van der Waals surface area contributed by atoms with Gasteiger partial charge in [0.05, 0.1) is 5.01 Å². The van der Waals surface area contributed by atoms with Crippen LogP contribution >= 0.6 is 11.3 Å². The molecule has 0 saturated heterocycles. The van der Waals surface area contributed by atoms with Crippen LogP contribution in [0, 0.1) is 12.8 Å². The first kappa shape index (κ1) is 13.3. The van der Waals surface area contributed by atoms with Gasteiger partial charge in [0.2, 0.25) is 5.91 Å². The standard InChI is InChI=1S/C14H20N2OS/c1-4-13(17)16(8-12-5-6-12)7-10(2)14-15-11(3)9-18-14/h4,9-10,12H,1,5-8H2,2-3H3. The minimum atomic E-state index is 0.0435. The molecule has 0 bridgehead atoms. The number of aryl methyl sites for hydroxylation is 1. The fraction of sp³-hybridized carbons (Fsp3) is 0.571. The Morgan fingerprint density at radius 2 is 2.44 bits per heavy atom. The first-order valence-corrected chi connectivity index (χ1v) is 7.31. The van der Waals surface area contributed by atoms with Crippen molar-refractivity contribution in [1.82, 2.24) is 9.88 Å². The van der Waals surface area contributed by atoms with Crippen LogP contribution in [0.2, 0.25) is 0 Å². The number of thiazole rings is 1. The molecule has 18 heavy (non-hydrogen) atoms. The molecule has 1 saturated carbocycles. The summed E-state index contributed by atoms with van der Waals surface area (Å²) in [5, 5.41) is 3.18. The summed E-state index contributed by atoms with van der Waals surface area (Å²) in [6.45, 7) is 9.35. The van der Waals surface area contributed by atoms with Gasteiger partial charge in [0, 0.05) is 30.1 Å². The van der Waals surface area contributed by atoms with Gasteiger partial charge in [0.25, 0.3) is 0 Å². The summed E-state index contributed by atoms with van der Waals surface area (Å²) in [7, 11) is 0. The van der Waals surface area contributed by atoms with Crippen LogP contribution in [0.15, 0.2) is 18.0 Å². The summed E-state index contributed by atoms with van der Waals surface area (Å²) in [5.41, 5.74) is 1.06. The minimum Gasteiger partial charge on any atom is -0.338 e. The molecule has 0 aromatic carbocycles. The SMILES string of the molecule is C=CC(=O)N(CC1CC1)CC(C)c1nc(C)cs1. The van der Waals surface area contributed by atoms with Gasteiger partial charge in [-0.2, -0.15) is 0 Å². The highest BCUT2D eigenvalue weighted by Gasteiger charge is 2.27. The molecule has 0 spiro atoms. The van der Waals surface area contributed by atoms with E-state index in [1.807, 2.05) is 11.8 Å². The zero-order chi connectivity index (χ0) is 13.1. The topological polar surface area (TPSA) is 33.2 Å². The van der Waals surface area contributed by atoms with Gasteiger partial charge in [0.15, 0.2) is 0 Å². The summed E-state index contributed by atoms with van der Waals surface area (Å²) in [5.74, 6) is 1.05. The molecule has 4 heteroatoms. The quantitative estimate of drug-likeness (QED) is 0.740. The van der Waals surface area contributed by atoms with Crippen molar-refractivity contribution in [2.75, 3.05) is 13.1 Å². The number of nitrogens with zero attached hydrogens (tertiary/aromatic N) is 2. The predicted octanol–water partition coefficient (Wildman–Crippen LogP) is 2.98. The molecule has 3 nitrogen and oxygen atoms in total. The normalized spacial score (nSPS) is 16.3. The minimum absolute atomic E-state index is 0.0435. The van der Waals surface area contributed by atoms with E-state index in [0.717, 1.165) is 23.8 Å². The molecule has 98 valence electrons. The highest BCUT2D eigenvalue weighted by molar-refractivity contribution is 7.09. The third kappa shape index (κ3) is 3.42. The molecule has 1 aromatic heterocycles. The van der Waals surface area contributed by atoms with Gasteiger partial charge >= 0.3 is 0 Å². The summed E-state index contributed by atoms with van der Waals surface area (Å²) in [6.07, 6.45) is 3.93. The van der Waals surface area contributed by atoms with E-state index in [-0.39, 0.29) is 5.91 Å². The zero-order valence-electron chi connectivity index (χ0n) is 11.1. The molecule has 1 aromatic rings. The van der Waals surface area contributed by atoms with Crippen LogP contribution in [0.3, 0.4) is 0 Å². The average molecular weight is 264 g/mol. The smallest absolute Gasteiger partial charge is 0.245 e. The van der Waals surface area contributed by atoms with Gasteiger partial charge in [-0.05, 0) is 31.8 Å². The maximum absolute atomic E-state index is 11.8. The number of carbonyl (C=O) groups is 1. The van der Waals surface area contributed by atoms with Crippen molar-refractivity contribution in [1.29, 1.82) is 0 Å². The van der Waals surface area contributed by atoms with Crippen molar-refractivity contribution in [3.63, 3.8) is 0 Å². The fourth-order valence-electron chi connectivity index (χ4n) is 2.00. The maximum Gasteiger partial charge on any atom is 0.245 e. The van der Waals surface area contributed by atoms with Gasteiger partial charge in [-0.15, -0.1) is 11.3 Å². The Hall–Kier alpha value is -1.16. The molecule has 2 rings (SSSR count). The first-order valence-electron chi connectivity index (χ1n) is 6.43. The molecule has 0 radical (unpaired) electrons. The van der Waals surface area contributed by atoms with Crippen molar-refractivity contribution in [3.8, 4) is 0 Å². The van der Waals surface area contributed by atoms with E-state index in [0.29, 0.717) is 11.8 Å². The van der Waals surface area contributed by atoms with Crippen LogP contribution in [0.5, 0.6) is 0 Å². The lowest BCUT2D eigenvalue weighted by atomic mass is 10.1. The number of hydrogen-bond acceptors (Lipinski definition) is 3. The van der Waals surface area contributed by atoms with Gasteiger partial charge in [-0.1, -0.05) is 13.5 Å². The molecule has 1 atom stereocenters. The lowest BCUT2D eigenvalue weighted by Gasteiger charge is -2.24. The van der Waals surface area contributed by atoms with E-state index >= 15 is 0 Å². The first-order chi connectivity index (χ1) is 8.60. The van der Waals surface area contributed by atoms with Crippen molar-refractivity contribution in [2.24, 2.45) is 5.92 Å². The second kappa shape index (κ2) is 5.65. The van der Waals surface area contributed by atoms with Gasteiger partial charge in [0.1, 0.15) is 0 Å². The van der Waals surface area contributed by atoms with E-state index in [9.17, 15) is 4.79 Å². The molecular formula is C14H20N2OS. The molecule has 1 aliphatic carbocycles. The van der Waals surface area contributed by atoms with E-state index in [1.165, 1.54) is 18.9 Å². The molecule has 1 heterocycles. The van der Waals surface area contributed by atoms with E-state index in [1.54, 1.807) is 11.3 Å². The number of amides is 1. The Morgan fingerprint density at radius 1 is 1.72 bits per heavy atom. The summed E-state index contributed by atoms with van der Waals surface area (Å²) < 4.78 is 0. The number of hydrogen-bond donors (Lipinski definition) is 0. The van der Waals surface area contributed by atoms with Crippen LogP contribution < -0.4 is 0 Å². The Morgan fingerprint density at radius 3 is 2.94 bits per heavy atom. The Labute approximate surface area is 113 Å². The van der Waals surface area contributed by atoms with E-state index in [4.69, 9.17) is 0 Å². The summed E-state index contributed by atoms with van der Waals surface area (Å²) in [6, 6.07) is 0. The lowest BCUT2D eigenvalue weighted by Crippen LogP contribution is -2.34. The van der Waals surface area contributed by atoms with Crippen molar-refractivity contribution in [3.05, 3.63) is 28.7 Å². The predicted molar refractivity (Wildman–Crippen MR) is 74.8 cm³/mol. The van der Waals surface area contributed by atoms with Crippen LogP contribution in [0.25, 0.3) is 0 Å². The second-order valence-electron chi connectivity index (χ2n) is 5.12. The fourth-order valence-corrected chi connectivity index (χ4v) is 2.85. The lowest BCUT2D eigenvalue weighted by molar-refractivity contribution is -0.126. The molecule has 1 fully saturated rings. The second-order valence-corrected chi connectivity index (χ2v) is 6.01. The van der Waals surface area contributed by atoms with Crippen LogP contribution in [0.4, 0.5) is 0 Å². The highest BCUT2D eigenvalue weighted by Crippen LogP contribution is 2.31. The van der Waals surface area contributed by atoms with Crippen molar-refractivity contribution < 1.29 is 4.79 Å². The van der Waals surface area contributed by atoms with E-state index < -0.39 is 0 Å². The maximum atomic E-state index is 11.8. The van der Waals surface area contributed by atoms with Crippen LogP contribution in [0.1, 0.15) is 36.4 Å². The van der Waals surface area contributed by atoms with E-state index in [2.05, 4.69) is 23.9 Å². The molecule has 0 N–H and O–H groups in total. The monoisotopic (exact) mass is 264 g/mol. The number of rotatable bonds is 6. The van der Waals surface area contributed by atoms with Gasteiger partial charge < -0.3 is 4.90 Å². The number of carbonyl (C=O) groups excluding carboxylic acids is 1. The Bertz CT molecular complexity index is 437. The molecule has 1 amide bonds. The third-order valence-electron chi connectivity index (χ3n) is 3.21. The average Bonchev–Trinajstić information content (AvgIpc) is 3.06. The Balaban J connectivity index is 1.98. The van der Waals surface area contributed by atoms with Gasteiger partial charge in [-0.3, -0.25) is 4.79 Å². The zero-order valence-corrected chi connectivity index (χ0v) is 11.9. The summed E-state index contributed by atoms with van der Waals surface area (Å²) in [4.78, 5) is 18.3.